The average Bonchev–Trinajstić information content (AvgIpc) is 2.70. The largest absolute Gasteiger partial charge is 0.344 e. The van der Waals surface area contributed by atoms with E-state index < -0.39 is 0 Å². The number of hydrogen-bond acceptors (Lipinski definition) is 3. The van der Waals surface area contributed by atoms with E-state index in [1.165, 1.54) is 17.5 Å². The first-order chi connectivity index (χ1) is 13.1. The second-order valence-electron chi connectivity index (χ2n) is 6.53. The number of hydrogen-bond donors (Lipinski definition) is 1. The summed E-state index contributed by atoms with van der Waals surface area (Å²) in [5.74, 6) is -0.208. The van der Waals surface area contributed by atoms with Crippen LogP contribution in [0.2, 0.25) is 10.0 Å². The van der Waals surface area contributed by atoms with E-state index in [1.807, 2.05) is 18.2 Å². The molecule has 4 rings (SSSR count). The molecule has 27 heavy (non-hydrogen) atoms. The molecule has 1 atom stereocenters. The average molecular weight is 398 g/mol. The molecule has 1 aliphatic rings. The summed E-state index contributed by atoms with van der Waals surface area (Å²) >= 11 is 12.1. The Balaban J connectivity index is 1.57. The second kappa shape index (κ2) is 7.67. The minimum absolute atomic E-state index is 0.00541. The number of aromatic nitrogens is 2. The molecular weight excluding hydrogens is 381 g/mol. The second-order valence-corrected chi connectivity index (χ2v) is 7.35. The van der Waals surface area contributed by atoms with Gasteiger partial charge in [0.2, 0.25) is 0 Å². The number of nitrogens with one attached hydrogen (secondary N) is 1. The van der Waals surface area contributed by atoms with Crippen LogP contribution in [0.4, 0.5) is 0 Å². The maximum atomic E-state index is 12.8. The molecule has 0 saturated heterocycles. The molecule has 1 N–H and O–H groups in total. The van der Waals surface area contributed by atoms with Crippen molar-refractivity contribution in [2.24, 2.45) is 0 Å². The SMILES string of the molecule is O=C(N[C@H]1CCCc2ccccc21)c1cc(-c2ccc(Cl)c(Cl)c2)ncn1. The minimum Gasteiger partial charge on any atom is -0.344 e. The van der Waals surface area contributed by atoms with Crippen LogP contribution in [0.5, 0.6) is 0 Å². The van der Waals surface area contributed by atoms with Gasteiger partial charge in [-0.05, 0) is 48.6 Å². The number of rotatable bonds is 3. The van der Waals surface area contributed by atoms with Crippen molar-refractivity contribution in [3.05, 3.63) is 81.7 Å². The third-order valence-corrected chi connectivity index (χ3v) is 5.53. The highest BCUT2D eigenvalue weighted by molar-refractivity contribution is 6.42. The fourth-order valence-electron chi connectivity index (χ4n) is 3.43. The quantitative estimate of drug-likeness (QED) is 0.655. The monoisotopic (exact) mass is 397 g/mol. The molecule has 1 aromatic heterocycles. The number of carbonyl (C=O) groups is 1. The summed E-state index contributed by atoms with van der Waals surface area (Å²) in [6.07, 6.45) is 4.42. The maximum Gasteiger partial charge on any atom is 0.270 e. The van der Waals surface area contributed by atoms with Gasteiger partial charge in [-0.2, -0.15) is 0 Å². The van der Waals surface area contributed by atoms with Crippen LogP contribution in [-0.4, -0.2) is 15.9 Å². The first-order valence-electron chi connectivity index (χ1n) is 8.78. The predicted molar refractivity (Wildman–Crippen MR) is 107 cm³/mol. The van der Waals surface area contributed by atoms with Gasteiger partial charge < -0.3 is 5.32 Å². The lowest BCUT2D eigenvalue weighted by molar-refractivity contribution is 0.0927. The lowest BCUT2D eigenvalue weighted by Crippen LogP contribution is -2.31. The van der Waals surface area contributed by atoms with Gasteiger partial charge in [-0.1, -0.05) is 53.5 Å². The molecule has 2 aromatic carbocycles. The Bertz CT molecular complexity index is 1010. The highest BCUT2D eigenvalue weighted by Crippen LogP contribution is 2.30. The first kappa shape index (κ1) is 18.0. The van der Waals surface area contributed by atoms with Crippen LogP contribution in [0.25, 0.3) is 11.3 Å². The van der Waals surface area contributed by atoms with Gasteiger partial charge in [0.05, 0.1) is 21.8 Å². The van der Waals surface area contributed by atoms with Crippen molar-refractivity contribution >= 4 is 29.1 Å². The predicted octanol–water partition coefficient (Wildman–Crippen LogP) is 5.26. The van der Waals surface area contributed by atoms with Gasteiger partial charge in [-0.25, -0.2) is 9.97 Å². The Morgan fingerprint density at radius 2 is 1.89 bits per heavy atom. The highest BCUT2D eigenvalue weighted by atomic mass is 35.5. The normalized spacial score (nSPS) is 15.9. The Morgan fingerprint density at radius 1 is 1.04 bits per heavy atom. The van der Waals surface area contributed by atoms with E-state index in [-0.39, 0.29) is 11.9 Å². The summed E-state index contributed by atoms with van der Waals surface area (Å²) in [5, 5.41) is 4.03. The van der Waals surface area contributed by atoms with Gasteiger partial charge in [-0.3, -0.25) is 4.79 Å². The van der Waals surface area contributed by atoms with Crippen LogP contribution >= 0.6 is 23.2 Å². The van der Waals surface area contributed by atoms with Gasteiger partial charge in [0.15, 0.2) is 0 Å². The van der Waals surface area contributed by atoms with E-state index in [0.717, 1.165) is 24.8 Å². The third kappa shape index (κ3) is 3.82. The van der Waals surface area contributed by atoms with Crippen molar-refractivity contribution in [3.63, 3.8) is 0 Å². The van der Waals surface area contributed by atoms with E-state index >= 15 is 0 Å². The number of nitrogens with zero attached hydrogens (tertiary/aromatic N) is 2. The summed E-state index contributed by atoms with van der Waals surface area (Å²) in [7, 11) is 0. The summed E-state index contributed by atoms with van der Waals surface area (Å²) in [5.41, 5.74) is 4.22. The molecule has 0 bridgehead atoms. The minimum atomic E-state index is -0.208. The molecule has 0 aliphatic heterocycles. The smallest absolute Gasteiger partial charge is 0.270 e. The van der Waals surface area contributed by atoms with E-state index in [4.69, 9.17) is 23.2 Å². The third-order valence-electron chi connectivity index (χ3n) is 4.79. The molecule has 1 aliphatic carbocycles. The molecule has 4 nitrogen and oxygen atoms in total. The van der Waals surface area contributed by atoms with Crippen molar-refractivity contribution in [2.75, 3.05) is 0 Å². The van der Waals surface area contributed by atoms with E-state index in [2.05, 4.69) is 27.4 Å². The summed E-state index contributed by atoms with van der Waals surface area (Å²) in [6.45, 7) is 0. The molecule has 3 aromatic rings. The van der Waals surface area contributed by atoms with Crippen LogP contribution in [0.1, 0.15) is 40.5 Å². The van der Waals surface area contributed by atoms with Crippen LogP contribution in [0.15, 0.2) is 54.9 Å². The van der Waals surface area contributed by atoms with Crippen LogP contribution in [0.3, 0.4) is 0 Å². The first-order valence-corrected chi connectivity index (χ1v) is 9.53. The molecule has 0 radical (unpaired) electrons. The maximum absolute atomic E-state index is 12.8. The Labute approximate surface area is 167 Å². The van der Waals surface area contributed by atoms with Gasteiger partial charge in [0.1, 0.15) is 12.0 Å². The Kier molecular flexibility index (Phi) is 5.10. The lowest BCUT2D eigenvalue weighted by Gasteiger charge is -2.26. The number of benzene rings is 2. The van der Waals surface area contributed by atoms with Gasteiger partial charge in [0, 0.05) is 5.56 Å². The van der Waals surface area contributed by atoms with Crippen molar-refractivity contribution in [3.8, 4) is 11.3 Å². The standard InChI is InChI=1S/C21H17Cl2N3O/c22-16-9-8-14(10-17(16)23)19-11-20(25-12-24-19)21(27)26-18-7-3-5-13-4-1-2-6-15(13)18/h1-2,4,6,8-12,18H,3,5,7H2,(H,26,27)/t18-/m0/s1. The summed E-state index contributed by atoms with van der Waals surface area (Å²) in [6, 6.07) is 15.2. The van der Waals surface area contributed by atoms with E-state index in [9.17, 15) is 4.79 Å². The zero-order chi connectivity index (χ0) is 18.8. The molecule has 1 amide bonds. The Hall–Kier alpha value is -2.43. The number of fused-ring (bicyclic) bond motifs is 1. The van der Waals surface area contributed by atoms with Crippen LogP contribution < -0.4 is 5.32 Å². The van der Waals surface area contributed by atoms with Gasteiger partial charge in [0.25, 0.3) is 5.91 Å². The fraction of sp³-hybridized carbons (Fsp3) is 0.190. The van der Waals surface area contributed by atoms with Crippen LogP contribution in [0, 0.1) is 0 Å². The molecule has 0 spiro atoms. The molecule has 0 unspecified atom stereocenters. The zero-order valence-corrected chi connectivity index (χ0v) is 16.0. The molecule has 0 saturated carbocycles. The topological polar surface area (TPSA) is 54.9 Å². The van der Waals surface area contributed by atoms with Crippen molar-refractivity contribution < 1.29 is 4.79 Å². The molecule has 0 fully saturated rings. The zero-order valence-electron chi connectivity index (χ0n) is 14.5. The lowest BCUT2D eigenvalue weighted by atomic mass is 9.87. The van der Waals surface area contributed by atoms with E-state index in [1.54, 1.807) is 18.2 Å². The van der Waals surface area contributed by atoms with Gasteiger partial charge >= 0.3 is 0 Å². The number of carbonyl (C=O) groups excluding carboxylic acids is 1. The van der Waals surface area contributed by atoms with Crippen LogP contribution in [-0.2, 0) is 6.42 Å². The number of amides is 1. The molecule has 1 heterocycles. The number of aryl methyl sites for hydroxylation is 1. The highest BCUT2D eigenvalue weighted by Gasteiger charge is 2.22. The fourth-order valence-corrected chi connectivity index (χ4v) is 3.73. The Morgan fingerprint density at radius 3 is 2.74 bits per heavy atom. The summed E-state index contributed by atoms with van der Waals surface area (Å²) in [4.78, 5) is 21.2. The van der Waals surface area contributed by atoms with E-state index in [0.29, 0.717) is 21.4 Å². The number of halogens is 2. The van der Waals surface area contributed by atoms with Crippen molar-refractivity contribution in [1.82, 2.24) is 15.3 Å². The van der Waals surface area contributed by atoms with Gasteiger partial charge in [-0.15, -0.1) is 0 Å². The van der Waals surface area contributed by atoms with Crippen molar-refractivity contribution in [1.29, 1.82) is 0 Å². The molecule has 136 valence electrons. The summed E-state index contributed by atoms with van der Waals surface area (Å²) < 4.78 is 0. The molecular formula is C21H17Cl2N3O. The van der Waals surface area contributed by atoms with Crippen molar-refractivity contribution in [2.45, 2.75) is 25.3 Å². The molecule has 6 heteroatoms.